The van der Waals surface area contributed by atoms with Crippen molar-refractivity contribution in [3.05, 3.63) is 71.5 Å². The lowest BCUT2D eigenvalue weighted by atomic mass is 10.1. The fraction of sp³-hybridized carbons (Fsp3) is 0.348. The summed E-state index contributed by atoms with van der Waals surface area (Å²) in [5, 5.41) is 12.8. The molecule has 0 saturated carbocycles. The molecule has 1 atom stereocenters. The van der Waals surface area contributed by atoms with Gasteiger partial charge in [0.05, 0.1) is 6.04 Å². The van der Waals surface area contributed by atoms with Crippen molar-refractivity contribution in [1.29, 1.82) is 0 Å². The zero-order chi connectivity index (χ0) is 20.8. The molecular formula is C23H28N4OS. The minimum Gasteiger partial charge on any atom is -0.346 e. The highest BCUT2D eigenvalue weighted by molar-refractivity contribution is 7.98. The number of amides is 1. The lowest BCUT2D eigenvalue weighted by molar-refractivity contribution is -0.122. The summed E-state index contributed by atoms with van der Waals surface area (Å²) in [5.41, 5.74) is 3.42. The molecule has 2 aromatic carbocycles. The number of thioether (sulfide) groups is 1. The molecule has 0 unspecified atom stereocenters. The highest BCUT2D eigenvalue weighted by atomic mass is 32.2. The summed E-state index contributed by atoms with van der Waals surface area (Å²) in [7, 11) is 0. The van der Waals surface area contributed by atoms with E-state index in [1.54, 1.807) is 11.8 Å². The first-order valence-electron chi connectivity index (χ1n) is 9.92. The van der Waals surface area contributed by atoms with Gasteiger partial charge in [0.25, 0.3) is 0 Å². The second kappa shape index (κ2) is 9.74. The van der Waals surface area contributed by atoms with Crippen LogP contribution < -0.4 is 5.32 Å². The zero-order valence-electron chi connectivity index (χ0n) is 17.4. The molecule has 1 heterocycles. The lowest BCUT2D eigenvalue weighted by Gasteiger charge is -2.17. The Bertz CT molecular complexity index is 935. The quantitative estimate of drug-likeness (QED) is 0.527. The van der Waals surface area contributed by atoms with Gasteiger partial charge in [0.15, 0.2) is 11.0 Å². The molecule has 6 heteroatoms. The van der Waals surface area contributed by atoms with Crippen LogP contribution in [0, 0.1) is 12.8 Å². The van der Waals surface area contributed by atoms with E-state index in [2.05, 4.69) is 58.8 Å². The number of carbonyl (C=O) groups is 1. The first-order valence-corrected chi connectivity index (χ1v) is 10.9. The minimum absolute atomic E-state index is 0.0319. The van der Waals surface area contributed by atoms with E-state index in [-0.39, 0.29) is 11.9 Å². The van der Waals surface area contributed by atoms with E-state index in [1.807, 2.05) is 43.5 Å². The second-order valence-corrected chi connectivity index (χ2v) is 8.62. The molecule has 0 radical (unpaired) electrons. The van der Waals surface area contributed by atoms with Crippen LogP contribution >= 0.6 is 11.8 Å². The van der Waals surface area contributed by atoms with Gasteiger partial charge in [-0.2, -0.15) is 0 Å². The highest BCUT2D eigenvalue weighted by Crippen LogP contribution is 2.27. The maximum absolute atomic E-state index is 12.3. The van der Waals surface area contributed by atoms with Crippen molar-refractivity contribution in [2.24, 2.45) is 5.92 Å². The predicted octanol–water partition coefficient (Wildman–Crippen LogP) is 5.09. The van der Waals surface area contributed by atoms with E-state index in [1.165, 1.54) is 11.1 Å². The molecule has 0 aliphatic carbocycles. The molecule has 0 saturated heterocycles. The van der Waals surface area contributed by atoms with Crippen molar-refractivity contribution in [3.63, 3.8) is 0 Å². The Kier molecular flexibility index (Phi) is 7.09. The Balaban J connectivity index is 1.88. The first kappa shape index (κ1) is 21.1. The number of nitrogens with one attached hydrogen (secondary N) is 1. The minimum atomic E-state index is -0.235. The van der Waals surface area contributed by atoms with Gasteiger partial charge < -0.3 is 5.32 Å². The summed E-state index contributed by atoms with van der Waals surface area (Å²) < 4.78 is 2.05. The van der Waals surface area contributed by atoms with E-state index < -0.39 is 0 Å². The van der Waals surface area contributed by atoms with Crippen LogP contribution in [0.5, 0.6) is 0 Å². The zero-order valence-corrected chi connectivity index (χ0v) is 18.2. The summed E-state index contributed by atoms with van der Waals surface area (Å²) in [4.78, 5) is 12.3. The lowest BCUT2D eigenvalue weighted by Crippen LogP contribution is -2.29. The van der Waals surface area contributed by atoms with Crippen molar-refractivity contribution in [1.82, 2.24) is 20.1 Å². The van der Waals surface area contributed by atoms with E-state index in [4.69, 9.17) is 0 Å². The third-order valence-corrected chi connectivity index (χ3v) is 5.52. The molecule has 3 rings (SSSR count). The fourth-order valence-electron chi connectivity index (χ4n) is 3.05. The van der Waals surface area contributed by atoms with Crippen LogP contribution in [0.2, 0.25) is 0 Å². The topological polar surface area (TPSA) is 59.8 Å². The Morgan fingerprint density at radius 1 is 1.03 bits per heavy atom. The van der Waals surface area contributed by atoms with Gasteiger partial charge in [0.1, 0.15) is 0 Å². The number of benzene rings is 2. The number of hydrogen-bond donors (Lipinski definition) is 1. The van der Waals surface area contributed by atoms with Crippen LogP contribution in [-0.2, 0) is 10.5 Å². The van der Waals surface area contributed by atoms with Gasteiger partial charge in [-0.3, -0.25) is 9.36 Å². The van der Waals surface area contributed by atoms with Gasteiger partial charge in [-0.1, -0.05) is 73.6 Å². The number of carbonyl (C=O) groups excluding carboxylic acids is 1. The number of rotatable bonds is 8. The molecule has 0 aliphatic rings. The molecule has 152 valence electrons. The third kappa shape index (κ3) is 5.70. The molecule has 1 amide bonds. The van der Waals surface area contributed by atoms with Gasteiger partial charge >= 0.3 is 0 Å². The van der Waals surface area contributed by atoms with Gasteiger partial charge in [0, 0.05) is 17.9 Å². The average Bonchev–Trinajstić information content (AvgIpc) is 3.11. The van der Waals surface area contributed by atoms with E-state index in [0.717, 1.165) is 22.4 Å². The fourth-order valence-corrected chi connectivity index (χ4v) is 3.96. The van der Waals surface area contributed by atoms with Gasteiger partial charge in [-0.25, -0.2) is 0 Å². The summed E-state index contributed by atoms with van der Waals surface area (Å²) in [5.74, 6) is 1.89. The van der Waals surface area contributed by atoms with Crippen LogP contribution in [0.3, 0.4) is 0 Å². The summed E-state index contributed by atoms with van der Waals surface area (Å²) in [6, 6.07) is 18.4. The standard InChI is InChI=1S/C23H28N4OS/c1-16(2)14-21(28)24-18(4)22-25-26-23(29-15-19-8-6-5-7-9-19)27(22)20-12-10-17(3)11-13-20/h5-13,16,18H,14-15H2,1-4H3,(H,24,28)/t18-/m0/s1. The largest absolute Gasteiger partial charge is 0.346 e. The molecule has 1 aromatic heterocycles. The summed E-state index contributed by atoms with van der Waals surface area (Å²) >= 11 is 1.64. The SMILES string of the molecule is Cc1ccc(-n2c(SCc3ccccc3)nnc2[C@H](C)NC(=O)CC(C)C)cc1. The van der Waals surface area contributed by atoms with Gasteiger partial charge in [0.2, 0.25) is 5.91 Å². The smallest absolute Gasteiger partial charge is 0.220 e. The van der Waals surface area contributed by atoms with Crippen molar-refractivity contribution < 1.29 is 4.79 Å². The summed E-state index contributed by atoms with van der Waals surface area (Å²) in [6.07, 6.45) is 0.499. The Morgan fingerprint density at radius 3 is 2.38 bits per heavy atom. The molecule has 29 heavy (non-hydrogen) atoms. The number of aromatic nitrogens is 3. The van der Waals surface area contributed by atoms with Gasteiger partial charge in [-0.15, -0.1) is 10.2 Å². The Labute approximate surface area is 176 Å². The predicted molar refractivity (Wildman–Crippen MR) is 118 cm³/mol. The van der Waals surface area contributed by atoms with Crippen LogP contribution in [0.1, 0.15) is 50.2 Å². The molecule has 5 nitrogen and oxygen atoms in total. The van der Waals surface area contributed by atoms with Gasteiger partial charge in [-0.05, 0) is 37.5 Å². The van der Waals surface area contributed by atoms with E-state index in [0.29, 0.717) is 12.3 Å². The maximum atomic E-state index is 12.3. The molecule has 0 aliphatic heterocycles. The van der Waals surface area contributed by atoms with E-state index in [9.17, 15) is 4.79 Å². The molecule has 0 bridgehead atoms. The first-order chi connectivity index (χ1) is 13.9. The normalized spacial score (nSPS) is 12.2. The second-order valence-electron chi connectivity index (χ2n) is 7.67. The Morgan fingerprint density at radius 2 is 1.72 bits per heavy atom. The maximum Gasteiger partial charge on any atom is 0.220 e. The van der Waals surface area contributed by atoms with Crippen molar-refractivity contribution >= 4 is 17.7 Å². The van der Waals surface area contributed by atoms with Crippen LogP contribution in [0.15, 0.2) is 59.8 Å². The molecule has 1 N–H and O–H groups in total. The molecule has 0 spiro atoms. The van der Waals surface area contributed by atoms with Crippen LogP contribution in [0.4, 0.5) is 0 Å². The highest BCUT2D eigenvalue weighted by Gasteiger charge is 2.21. The number of nitrogens with zero attached hydrogens (tertiary/aromatic N) is 3. The third-order valence-electron chi connectivity index (χ3n) is 4.52. The molecule has 0 fully saturated rings. The van der Waals surface area contributed by atoms with Crippen molar-refractivity contribution in [2.45, 2.75) is 51.1 Å². The number of hydrogen-bond acceptors (Lipinski definition) is 4. The average molecular weight is 409 g/mol. The van der Waals surface area contributed by atoms with Crippen molar-refractivity contribution in [3.8, 4) is 5.69 Å². The van der Waals surface area contributed by atoms with E-state index >= 15 is 0 Å². The molecular weight excluding hydrogens is 380 g/mol. The molecule has 3 aromatic rings. The van der Waals surface area contributed by atoms with Crippen LogP contribution in [-0.4, -0.2) is 20.7 Å². The number of aryl methyl sites for hydroxylation is 1. The van der Waals surface area contributed by atoms with Crippen LogP contribution in [0.25, 0.3) is 5.69 Å². The Hall–Kier alpha value is -2.60. The summed E-state index contributed by atoms with van der Waals surface area (Å²) in [6.45, 7) is 8.10. The monoisotopic (exact) mass is 408 g/mol. The van der Waals surface area contributed by atoms with Crippen molar-refractivity contribution in [2.75, 3.05) is 0 Å².